The van der Waals surface area contributed by atoms with Crippen molar-refractivity contribution in [3.63, 3.8) is 0 Å². The zero-order valence-electron chi connectivity index (χ0n) is 14.3. The van der Waals surface area contributed by atoms with Crippen LogP contribution in [0.1, 0.15) is 18.2 Å². The number of phenolic OH excluding ortho intramolecular Hbond substituents is 1. The van der Waals surface area contributed by atoms with Crippen LogP contribution in [0.4, 0.5) is 0 Å². The maximum absolute atomic E-state index is 10.1. The molecule has 0 fully saturated rings. The van der Waals surface area contributed by atoms with E-state index in [1.165, 1.54) is 0 Å². The quantitative estimate of drug-likeness (QED) is 0.632. The van der Waals surface area contributed by atoms with Crippen LogP contribution in [0.3, 0.4) is 0 Å². The molecule has 25 heavy (non-hydrogen) atoms. The predicted molar refractivity (Wildman–Crippen MR) is 103 cm³/mol. The number of hydrogen-bond acceptors (Lipinski definition) is 3. The predicted octanol–water partition coefficient (Wildman–Crippen LogP) is 5.42. The monoisotopic (exact) mass is 359 g/mol. The fraction of sp³-hybridized carbons (Fsp3) is 0.150. The van der Waals surface area contributed by atoms with E-state index in [0.717, 1.165) is 28.1 Å². The molecule has 0 saturated carbocycles. The zero-order valence-corrected chi connectivity index (χ0v) is 15.1. The Bertz CT molecular complexity index is 919. The van der Waals surface area contributed by atoms with Crippen LogP contribution in [0.15, 0.2) is 52.9 Å². The molecule has 1 heterocycles. The van der Waals surface area contributed by atoms with Crippen molar-refractivity contribution in [2.75, 3.05) is 14.2 Å². The Morgan fingerprint density at radius 1 is 0.960 bits per heavy atom. The minimum atomic E-state index is 0. The number of fused-ring (bicyclic) bond motifs is 1. The van der Waals surface area contributed by atoms with Gasteiger partial charge >= 0.3 is 11.3 Å². The van der Waals surface area contributed by atoms with E-state index in [9.17, 15) is 5.11 Å². The third-order valence-electron chi connectivity index (χ3n) is 3.85. The Morgan fingerprint density at radius 2 is 1.60 bits per heavy atom. The molecule has 0 aliphatic rings. The normalized spacial score (nSPS) is 11.1. The van der Waals surface area contributed by atoms with Gasteiger partial charge in [0.05, 0.1) is 31.2 Å². The number of allylic oxidation sites excluding steroid dienone is 1. The van der Waals surface area contributed by atoms with Gasteiger partial charge in [-0.3, -0.25) is 0 Å². The molecule has 0 bridgehead atoms. The van der Waals surface area contributed by atoms with Gasteiger partial charge in [-0.1, -0.05) is 0 Å². The Balaban J connectivity index is 0.00000225. The van der Waals surface area contributed by atoms with E-state index < -0.39 is 0 Å². The molecule has 2 aromatic carbocycles. The van der Waals surface area contributed by atoms with Crippen LogP contribution in [0, 0.1) is 0 Å². The average Bonchev–Trinajstić information content (AvgIpc) is 2.62. The zero-order chi connectivity index (χ0) is 17.1. The topological polar surface area (TPSA) is 50.0 Å². The lowest BCUT2D eigenvalue weighted by atomic mass is 10.1. The fourth-order valence-corrected chi connectivity index (χ4v) is 2.47. The molecule has 0 aliphatic carbocycles. The summed E-state index contributed by atoms with van der Waals surface area (Å²) in [4.78, 5) is 0. The van der Waals surface area contributed by atoms with E-state index in [-0.39, 0.29) is 18.2 Å². The Kier molecular flexibility index (Phi) is 5.88. The number of phenols is 1. The van der Waals surface area contributed by atoms with E-state index in [0.29, 0.717) is 11.3 Å². The molecule has 0 unspecified atom stereocenters. The van der Waals surface area contributed by atoms with Gasteiger partial charge in [0.15, 0.2) is 0 Å². The van der Waals surface area contributed by atoms with Crippen molar-refractivity contribution in [3.8, 4) is 17.2 Å². The first-order chi connectivity index (χ1) is 11.6. The van der Waals surface area contributed by atoms with Crippen molar-refractivity contribution in [1.29, 1.82) is 0 Å². The first-order valence-corrected chi connectivity index (χ1v) is 7.57. The van der Waals surface area contributed by atoms with E-state index in [4.69, 9.17) is 13.9 Å². The lowest BCUT2D eigenvalue weighted by Gasteiger charge is -2.03. The second-order valence-corrected chi connectivity index (χ2v) is 5.46. The van der Waals surface area contributed by atoms with Crippen molar-refractivity contribution in [3.05, 3.63) is 59.9 Å². The second-order valence-electron chi connectivity index (χ2n) is 5.46. The summed E-state index contributed by atoms with van der Waals surface area (Å²) in [6, 6.07) is 14.8. The maximum Gasteiger partial charge on any atom is 0.364 e. The molecule has 0 spiro atoms. The first-order valence-electron chi connectivity index (χ1n) is 7.57. The Labute approximate surface area is 152 Å². The van der Waals surface area contributed by atoms with Crippen molar-refractivity contribution in [2.45, 2.75) is 6.92 Å². The summed E-state index contributed by atoms with van der Waals surface area (Å²) in [6.07, 6.45) is 1.87. The van der Waals surface area contributed by atoms with E-state index in [1.807, 2.05) is 49.4 Å². The summed E-state index contributed by atoms with van der Waals surface area (Å²) >= 11 is 0. The van der Waals surface area contributed by atoms with Crippen LogP contribution in [0.2, 0.25) is 0 Å². The van der Waals surface area contributed by atoms with Gasteiger partial charge in [-0.2, -0.15) is 0 Å². The van der Waals surface area contributed by atoms with Gasteiger partial charge in [0.1, 0.15) is 17.2 Å². The van der Waals surface area contributed by atoms with Crippen LogP contribution in [0.5, 0.6) is 17.2 Å². The largest absolute Gasteiger partial charge is 0.507 e. The van der Waals surface area contributed by atoms with E-state index in [2.05, 4.69) is 0 Å². The summed E-state index contributed by atoms with van der Waals surface area (Å²) < 4.78 is 16.3. The molecule has 0 radical (unpaired) electrons. The lowest BCUT2D eigenvalue weighted by Crippen LogP contribution is -1.86. The highest BCUT2D eigenvalue weighted by atomic mass is 35.5. The first kappa shape index (κ1) is 18.6. The Morgan fingerprint density at radius 3 is 2.28 bits per heavy atom. The summed E-state index contributed by atoms with van der Waals surface area (Å²) in [5.41, 5.74) is 2.35. The molecule has 1 N–H and O–H groups in total. The third kappa shape index (κ3) is 4.03. The van der Waals surface area contributed by atoms with Crippen LogP contribution >= 0.6 is 12.4 Å². The van der Waals surface area contributed by atoms with Gasteiger partial charge in [-0.15, -0.1) is 12.4 Å². The molecule has 0 saturated heterocycles. The molecular formula is C20H20ClO4+. The molecule has 3 rings (SSSR count). The standard InChI is InChI=1S/C20H18O4.ClH/c1-13(10-15-5-8-16(22-2)11-18(15)21)19-9-6-14-4-7-17(23-3)12-20(14)24-19;/h4-12H,1-3H3;1H/p+1/b13-10-;. The number of methoxy groups -OCH3 is 2. The van der Waals surface area contributed by atoms with Gasteiger partial charge in [0, 0.05) is 17.7 Å². The molecular weight excluding hydrogens is 340 g/mol. The molecule has 0 aliphatic heterocycles. The van der Waals surface area contributed by atoms with Gasteiger partial charge in [0.2, 0.25) is 0 Å². The molecule has 3 aromatic rings. The van der Waals surface area contributed by atoms with Crippen molar-refractivity contribution < 1.29 is 19.0 Å². The minimum Gasteiger partial charge on any atom is -0.507 e. The second kappa shape index (κ2) is 7.90. The van der Waals surface area contributed by atoms with Crippen LogP contribution in [0.25, 0.3) is 22.6 Å². The summed E-state index contributed by atoms with van der Waals surface area (Å²) in [7, 11) is 3.19. The van der Waals surface area contributed by atoms with Gasteiger partial charge < -0.3 is 14.6 Å². The molecule has 0 atom stereocenters. The fourth-order valence-electron chi connectivity index (χ4n) is 2.47. The van der Waals surface area contributed by atoms with Crippen molar-refractivity contribution in [1.82, 2.24) is 0 Å². The number of aromatic hydroxyl groups is 1. The number of halogens is 1. The third-order valence-corrected chi connectivity index (χ3v) is 3.85. The number of rotatable bonds is 4. The summed E-state index contributed by atoms with van der Waals surface area (Å²) in [5, 5.41) is 11.1. The van der Waals surface area contributed by atoms with Gasteiger partial charge in [-0.05, 0) is 43.3 Å². The molecule has 4 nitrogen and oxygen atoms in total. The van der Waals surface area contributed by atoms with Crippen LogP contribution in [-0.4, -0.2) is 19.3 Å². The highest BCUT2D eigenvalue weighted by Gasteiger charge is 2.15. The number of hydrogen-bond donors (Lipinski definition) is 1. The highest BCUT2D eigenvalue weighted by Crippen LogP contribution is 2.29. The van der Waals surface area contributed by atoms with Crippen LogP contribution < -0.4 is 9.47 Å². The number of benzene rings is 2. The average molecular weight is 360 g/mol. The molecule has 5 heteroatoms. The maximum atomic E-state index is 10.1. The summed E-state index contributed by atoms with van der Waals surface area (Å²) in [5.74, 6) is 2.25. The van der Waals surface area contributed by atoms with Gasteiger partial charge in [0.25, 0.3) is 0 Å². The summed E-state index contributed by atoms with van der Waals surface area (Å²) in [6.45, 7) is 1.94. The minimum absolute atomic E-state index is 0. The molecule has 0 amide bonds. The van der Waals surface area contributed by atoms with Crippen molar-refractivity contribution in [2.24, 2.45) is 0 Å². The SMILES string of the molecule is COc1ccc(/C=C(/C)c2ccc3ccc(OC)cc3[o+]2)c(O)c1.Cl. The Hall–Kier alpha value is -2.72. The van der Waals surface area contributed by atoms with Gasteiger partial charge in [-0.25, -0.2) is 4.42 Å². The van der Waals surface area contributed by atoms with E-state index in [1.54, 1.807) is 26.4 Å². The highest BCUT2D eigenvalue weighted by molar-refractivity contribution is 5.85. The lowest BCUT2D eigenvalue weighted by molar-refractivity contribution is 0.407. The molecule has 1 aromatic heterocycles. The van der Waals surface area contributed by atoms with E-state index >= 15 is 0 Å². The number of ether oxygens (including phenoxy) is 2. The van der Waals surface area contributed by atoms with Crippen molar-refractivity contribution >= 4 is 35.0 Å². The van der Waals surface area contributed by atoms with Crippen LogP contribution in [-0.2, 0) is 0 Å². The smallest absolute Gasteiger partial charge is 0.364 e. The molecule has 130 valence electrons.